The molecule has 1 rings (SSSR count). The van der Waals surface area contributed by atoms with Crippen LogP contribution in [0.5, 0.6) is 0 Å². The lowest BCUT2D eigenvalue weighted by Gasteiger charge is -2.10. The van der Waals surface area contributed by atoms with E-state index < -0.39 is 7.60 Å². The van der Waals surface area contributed by atoms with E-state index in [0.29, 0.717) is 0 Å². The first-order valence-corrected chi connectivity index (χ1v) is 6.81. The molecular weight excluding hydrogens is 211 g/mol. The molecule has 2 N–H and O–H groups in total. The third kappa shape index (κ3) is 3.78. The van der Waals surface area contributed by atoms with E-state index in [9.17, 15) is 4.57 Å². The van der Waals surface area contributed by atoms with Crippen LogP contribution in [-0.2, 0) is 11.0 Å². The van der Waals surface area contributed by atoms with E-state index in [0.717, 1.165) is 31.2 Å². The molecule has 84 valence electrons. The highest BCUT2D eigenvalue weighted by atomic mass is 31.2. The number of hydrogen-bond acceptors (Lipinski definition) is 1. The van der Waals surface area contributed by atoms with Crippen molar-refractivity contribution in [3.8, 4) is 0 Å². The monoisotopic (exact) mass is 228 g/mol. The zero-order valence-corrected chi connectivity index (χ0v) is 9.78. The Morgan fingerprint density at radius 2 is 1.87 bits per heavy atom. The molecule has 0 heterocycles. The van der Waals surface area contributed by atoms with Gasteiger partial charge in [-0.15, -0.1) is 0 Å². The van der Waals surface area contributed by atoms with Crippen molar-refractivity contribution < 1.29 is 14.4 Å². The van der Waals surface area contributed by atoms with Gasteiger partial charge in [-0.2, -0.15) is 0 Å². The first-order valence-electron chi connectivity index (χ1n) is 5.19. The molecule has 1 aromatic rings. The van der Waals surface area contributed by atoms with Gasteiger partial charge in [0.1, 0.15) is 0 Å². The van der Waals surface area contributed by atoms with Gasteiger partial charge in [-0.1, -0.05) is 38.0 Å². The molecule has 15 heavy (non-hydrogen) atoms. The standard InChI is InChI=1S/C11H17O3P/c1-2-3-4-7-10-8-5-6-9-11(10)15(12,13)14/h5-6,8-9H,2-4,7H2,1H3,(H2,12,13,14). The van der Waals surface area contributed by atoms with Crippen molar-refractivity contribution in [1.82, 2.24) is 0 Å². The zero-order valence-electron chi connectivity index (χ0n) is 8.89. The third-order valence-corrected chi connectivity index (χ3v) is 3.42. The molecular formula is C11H17O3P. The van der Waals surface area contributed by atoms with Crippen molar-refractivity contribution in [3.05, 3.63) is 29.8 Å². The third-order valence-electron chi connectivity index (χ3n) is 2.36. The Hall–Kier alpha value is -0.630. The van der Waals surface area contributed by atoms with Crippen molar-refractivity contribution in [2.24, 2.45) is 0 Å². The molecule has 0 spiro atoms. The Kier molecular flexibility index (Phi) is 4.52. The quantitative estimate of drug-likeness (QED) is 0.600. The average molecular weight is 228 g/mol. The van der Waals surface area contributed by atoms with Crippen LogP contribution in [0.2, 0.25) is 0 Å². The van der Waals surface area contributed by atoms with Crippen LogP contribution in [0.3, 0.4) is 0 Å². The molecule has 0 radical (unpaired) electrons. The van der Waals surface area contributed by atoms with Gasteiger partial charge in [0, 0.05) is 0 Å². The highest BCUT2D eigenvalue weighted by molar-refractivity contribution is 7.60. The fourth-order valence-electron chi connectivity index (χ4n) is 1.57. The van der Waals surface area contributed by atoms with Crippen LogP contribution in [0.4, 0.5) is 0 Å². The maximum atomic E-state index is 11.2. The van der Waals surface area contributed by atoms with Crippen LogP contribution in [0.1, 0.15) is 31.7 Å². The fourth-order valence-corrected chi connectivity index (χ4v) is 2.41. The zero-order chi connectivity index (χ0) is 11.3. The molecule has 0 aromatic heterocycles. The first-order chi connectivity index (χ1) is 7.05. The van der Waals surface area contributed by atoms with Crippen molar-refractivity contribution in [1.29, 1.82) is 0 Å². The minimum atomic E-state index is -4.10. The Morgan fingerprint density at radius 3 is 2.47 bits per heavy atom. The van der Waals surface area contributed by atoms with Crippen LogP contribution >= 0.6 is 7.60 Å². The SMILES string of the molecule is CCCCCc1ccccc1P(=O)(O)O. The molecule has 4 heteroatoms. The van der Waals surface area contributed by atoms with Crippen LogP contribution in [0.25, 0.3) is 0 Å². The summed E-state index contributed by atoms with van der Waals surface area (Å²) in [5, 5.41) is 0.182. The van der Waals surface area contributed by atoms with E-state index in [1.165, 1.54) is 6.07 Å². The van der Waals surface area contributed by atoms with Crippen molar-refractivity contribution >= 4 is 12.9 Å². The van der Waals surface area contributed by atoms with E-state index >= 15 is 0 Å². The first kappa shape index (κ1) is 12.4. The molecule has 1 aromatic carbocycles. The smallest absolute Gasteiger partial charge is 0.321 e. The lowest BCUT2D eigenvalue weighted by molar-refractivity contribution is 0.387. The number of unbranched alkanes of at least 4 members (excludes halogenated alkanes) is 2. The van der Waals surface area contributed by atoms with E-state index in [1.54, 1.807) is 12.1 Å². The number of benzene rings is 1. The van der Waals surface area contributed by atoms with Crippen LogP contribution in [-0.4, -0.2) is 9.79 Å². The number of aryl methyl sites for hydroxylation is 1. The van der Waals surface area contributed by atoms with Gasteiger partial charge in [0.15, 0.2) is 0 Å². The van der Waals surface area contributed by atoms with Gasteiger partial charge in [0.05, 0.1) is 5.30 Å². The molecule has 0 unspecified atom stereocenters. The lowest BCUT2D eigenvalue weighted by atomic mass is 10.1. The Balaban J connectivity index is 2.83. The van der Waals surface area contributed by atoms with Gasteiger partial charge in [-0.25, -0.2) is 0 Å². The van der Waals surface area contributed by atoms with Gasteiger partial charge in [-0.05, 0) is 24.5 Å². The maximum absolute atomic E-state index is 11.2. The largest absolute Gasteiger partial charge is 0.356 e. The molecule has 0 fully saturated rings. The summed E-state index contributed by atoms with van der Waals surface area (Å²) < 4.78 is 11.2. The molecule has 0 aliphatic heterocycles. The molecule has 0 amide bonds. The van der Waals surface area contributed by atoms with Gasteiger partial charge in [-0.3, -0.25) is 4.57 Å². The minimum Gasteiger partial charge on any atom is -0.321 e. The summed E-state index contributed by atoms with van der Waals surface area (Å²) >= 11 is 0. The second kappa shape index (κ2) is 5.45. The number of rotatable bonds is 5. The molecule has 0 aliphatic rings. The average Bonchev–Trinajstić information content (AvgIpc) is 2.17. The number of hydrogen-bond donors (Lipinski definition) is 2. The van der Waals surface area contributed by atoms with Gasteiger partial charge < -0.3 is 9.79 Å². The van der Waals surface area contributed by atoms with E-state index in [-0.39, 0.29) is 5.30 Å². The van der Waals surface area contributed by atoms with Crippen LogP contribution in [0, 0.1) is 0 Å². The van der Waals surface area contributed by atoms with Gasteiger partial charge in [0.2, 0.25) is 0 Å². The molecule has 0 saturated heterocycles. The summed E-state index contributed by atoms with van der Waals surface area (Å²) in [6.45, 7) is 2.11. The summed E-state index contributed by atoms with van der Waals surface area (Å²) in [5.41, 5.74) is 0.777. The molecule has 0 atom stereocenters. The highest BCUT2D eigenvalue weighted by Gasteiger charge is 2.20. The van der Waals surface area contributed by atoms with Gasteiger partial charge >= 0.3 is 7.60 Å². The van der Waals surface area contributed by atoms with Crippen LogP contribution in [0.15, 0.2) is 24.3 Å². The van der Waals surface area contributed by atoms with Crippen molar-refractivity contribution in [2.45, 2.75) is 32.6 Å². The van der Waals surface area contributed by atoms with Crippen molar-refractivity contribution in [2.75, 3.05) is 0 Å². The minimum absolute atomic E-state index is 0.182. The van der Waals surface area contributed by atoms with E-state index in [1.807, 2.05) is 6.07 Å². The second-order valence-corrected chi connectivity index (χ2v) is 5.20. The highest BCUT2D eigenvalue weighted by Crippen LogP contribution is 2.34. The fraction of sp³-hybridized carbons (Fsp3) is 0.455. The summed E-state index contributed by atoms with van der Waals surface area (Å²) in [5.74, 6) is 0. The van der Waals surface area contributed by atoms with Gasteiger partial charge in [0.25, 0.3) is 0 Å². The normalized spacial score (nSPS) is 11.7. The predicted molar refractivity (Wildman–Crippen MR) is 61.3 cm³/mol. The van der Waals surface area contributed by atoms with E-state index in [2.05, 4.69) is 6.92 Å². The molecule has 3 nitrogen and oxygen atoms in total. The van der Waals surface area contributed by atoms with Crippen molar-refractivity contribution in [3.63, 3.8) is 0 Å². The lowest BCUT2D eigenvalue weighted by Crippen LogP contribution is -2.10. The van der Waals surface area contributed by atoms with Crippen LogP contribution < -0.4 is 5.30 Å². The molecule has 0 bridgehead atoms. The summed E-state index contributed by atoms with van der Waals surface area (Å²) in [4.78, 5) is 18.3. The summed E-state index contributed by atoms with van der Waals surface area (Å²) in [6.07, 6.45) is 3.93. The predicted octanol–water partition coefficient (Wildman–Crippen LogP) is 2.22. The molecule has 0 aliphatic carbocycles. The Morgan fingerprint density at radius 1 is 1.20 bits per heavy atom. The second-order valence-electron chi connectivity index (χ2n) is 3.63. The summed E-state index contributed by atoms with van der Waals surface area (Å²) in [6, 6.07) is 6.80. The maximum Gasteiger partial charge on any atom is 0.356 e. The molecule has 0 saturated carbocycles. The Labute approximate surface area is 90.3 Å². The Bertz CT molecular complexity index is 357. The van der Waals surface area contributed by atoms with E-state index in [4.69, 9.17) is 9.79 Å². The summed E-state index contributed by atoms with van der Waals surface area (Å²) in [7, 11) is -4.10. The topological polar surface area (TPSA) is 57.5 Å².